The first-order valence-corrected chi connectivity index (χ1v) is 8.79. The van der Waals surface area contributed by atoms with Crippen molar-refractivity contribution in [2.45, 2.75) is 39.0 Å². The fourth-order valence-electron chi connectivity index (χ4n) is 3.58. The number of benzene rings is 1. The Morgan fingerprint density at radius 1 is 0.962 bits per heavy atom. The normalized spacial score (nSPS) is 19.2. The second-order valence-corrected chi connectivity index (χ2v) is 6.90. The van der Waals surface area contributed by atoms with Gasteiger partial charge in [-0.2, -0.15) is 4.68 Å². The van der Waals surface area contributed by atoms with Crippen LogP contribution in [0.15, 0.2) is 30.3 Å². The van der Waals surface area contributed by atoms with E-state index in [1.165, 1.54) is 0 Å². The number of H-pyrrole nitrogens is 1. The van der Waals surface area contributed by atoms with E-state index in [1.54, 1.807) is 4.68 Å². The SMILES string of the molecule is Cc1nc(C2C[C@H]2c2nc3ccccc3[nH]2)cc(-n2nc(C)nc2C)n1. The molecule has 3 aromatic heterocycles. The van der Waals surface area contributed by atoms with Gasteiger partial charge in [0.05, 0.1) is 16.7 Å². The molecule has 1 fully saturated rings. The van der Waals surface area contributed by atoms with Gasteiger partial charge in [-0.05, 0) is 39.3 Å². The molecule has 3 heterocycles. The number of hydrogen-bond donors (Lipinski definition) is 1. The Morgan fingerprint density at radius 3 is 2.58 bits per heavy atom. The molecule has 5 rings (SSSR count). The summed E-state index contributed by atoms with van der Waals surface area (Å²) in [5, 5.41) is 4.45. The van der Waals surface area contributed by atoms with Crippen molar-refractivity contribution in [2.75, 3.05) is 0 Å². The van der Waals surface area contributed by atoms with Crippen molar-refractivity contribution in [1.82, 2.24) is 34.7 Å². The maximum absolute atomic E-state index is 4.74. The molecule has 7 nitrogen and oxygen atoms in total. The highest BCUT2D eigenvalue weighted by molar-refractivity contribution is 5.75. The predicted molar refractivity (Wildman–Crippen MR) is 97.4 cm³/mol. The Kier molecular flexibility index (Phi) is 3.19. The molecule has 1 unspecified atom stereocenters. The van der Waals surface area contributed by atoms with Crippen LogP contribution < -0.4 is 0 Å². The minimum absolute atomic E-state index is 0.362. The molecular formula is C19H19N7. The van der Waals surface area contributed by atoms with Gasteiger partial charge in [0, 0.05) is 17.9 Å². The molecule has 0 radical (unpaired) electrons. The van der Waals surface area contributed by atoms with E-state index in [9.17, 15) is 0 Å². The van der Waals surface area contributed by atoms with Crippen molar-refractivity contribution in [3.05, 3.63) is 59.3 Å². The van der Waals surface area contributed by atoms with Crippen molar-refractivity contribution in [1.29, 1.82) is 0 Å². The van der Waals surface area contributed by atoms with Crippen LogP contribution in [0.25, 0.3) is 16.9 Å². The third-order valence-corrected chi connectivity index (χ3v) is 4.87. The van der Waals surface area contributed by atoms with Gasteiger partial charge >= 0.3 is 0 Å². The Morgan fingerprint density at radius 2 is 1.81 bits per heavy atom. The summed E-state index contributed by atoms with van der Waals surface area (Å²) < 4.78 is 1.78. The van der Waals surface area contributed by atoms with Gasteiger partial charge in [-0.3, -0.25) is 0 Å². The number of rotatable bonds is 3. The van der Waals surface area contributed by atoms with E-state index in [-0.39, 0.29) is 0 Å². The zero-order valence-electron chi connectivity index (χ0n) is 14.9. The second kappa shape index (κ2) is 5.45. The molecule has 0 bridgehead atoms. The predicted octanol–water partition coefficient (Wildman–Crippen LogP) is 3.13. The number of nitrogens with zero attached hydrogens (tertiary/aromatic N) is 6. The van der Waals surface area contributed by atoms with Gasteiger partial charge < -0.3 is 4.98 Å². The van der Waals surface area contributed by atoms with E-state index < -0.39 is 0 Å². The average Bonchev–Trinajstić information content (AvgIpc) is 3.18. The molecule has 130 valence electrons. The van der Waals surface area contributed by atoms with E-state index >= 15 is 0 Å². The Hall–Kier alpha value is -3.09. The number of fused-ring (bicyclic) bond motifs is 1. The summed E-state index contributed by atoms with van der Waals surface area (Å²) >= 11 is 0. The van der Waals surface area contributed by atoms with Crippen molar-refractivity contribution in [3.63, 3.8) is 0 Å². The van der Waals surface area contributed by atoms with E-state index in [0.29, 0.717) is 11.8 Å². The molecule has 0 amide bonds. The van der Waals surface area contributed by atoms with Crippen LogP contribution in [0.4, 0.5) is 0 Å². The zero-order chi connectivity index (χ0) is 17.8. The van der Waals surface area contributed by atoms with E-state index in [0.717, 1.165) is 52.3 Å². The molecule has 0 spiro atoms. The minimum Gasteiger partial charge on any atom is -0.342 e. The van der Waals surface area contributed by atoms with Crippen LogP contribution in [-0.2, 0) is 0 Å². The molecule has 1 aromatic carbocycles. The lowest BCUT2D eigenvalue weighted by molar-refractivity contribution is 0.777. The molecule has 4 aromatic rings. The highest BCUT2D eigenvalue weighted by Gasteiger charge is 2.43. The van der Waals surface area contributed by atoms with Gasteiger partial charge in [-0.15, -0.1) is 5.10 Å². The van der Waals surface area contributed by atoms with Crippen molar-refractivity contribution in [3.8, 4) is 5.82 Å². The van der Waals surface area contributed by atoms with E-state index in [1.807, 2.05) is 45.0 Å². The second-order valence-electron chi connectivity index (χ2n) is 6.90. The largest absolute Gasteiger partial charge is 0.342 e. The Bertz CT molecular complexity index is 1090. The molecular weight excluding hydrogens is 326 g/mol. The summed E-state index contributed by atoms with van der Waals surface area (Å²) in [5.41, 5.74) is 3.15. The van der Waals surface area contributed by atoms with Gasteiger partial charge in [0.15, 0.2) is 5.82 Å². The van der Waals surface area contributed by atoms with E-state index in [2.05, 4.69) is 31.1 Å². The summed E-state index contributed by atoms with van der Waals surface area (Å²) in [5.74, 6) is 4.88. The number of aryl methyl sites for hydroxylation is 3. The number of nitrogens with one attached hydrogen (secondary N) is 1. The number of para-hydroxylation sites is 2. The van der Waals surface area contributed by atoms with Crippen LogP contribution in [0.5, 0.6) is 0 Å². The summed E-state index contributed by atoms with van der Waals surface area (Å²) in [7, 11) is 0. The monoisotopic (exact) mass is 345 g/mol. The number of hydrogen-bond acceptors (Lipinski definition) is 5. The molecule has 2 atom stereocenters. The fraction of sp³-hybridized carbons (Fsp3) is 0.316. The van der Waals surface area contributed by atoms with Crippen molar-refractivity contribution < 1.29 is 0 Å². The maximum atomic E-state index is 4.74. The first kappa shape index (κ1) is 15.2. The Balaban J connectivity index is 1.48. The smallest absolute Gasteiger partial charge is 0.159 e. The highest BCUT2D eigenvalue weighted by atomic mass is 15.4. The van der Waals surface area contributed by atoms with Gasteiger partial charge in [-0.25, -0.2) is 19.9 Å². The van der Waals surface area contributed by atoms with Gasteiger partial charge in [0.1, 0.15) is 23.3 Å². The van der Waals surface area contributed by atoms with Gasteiger partial charge in [0.2, 0.25) is 0 Å². The lowest BCUT2D eigenvalue weighted by atomic mass is 10.2. The average molecular weight is 345 g/mol. The summed E-state index contributed by atoms with van der Waals surface area (Å²) in [6.07, 6.45) is 1.05. The zero-order valence-corrected chi connectivity index (χ0v) is 14.9. The molecule has 1 aliphatic rings. The number of aromatic nitrogens is 7. The Labute approximate surface area is 150 Å². The number of aromatic amines is 1. The lowest BCUT2D eigenvalue weighted by Crippen LogP contribution is -2.06. The topological polar surface area (TPSA) is 85.2 Å². The third kappa shape index (κ3) is 2.47. The highest BCUT2D eigenvalue weighted by Crippen LogP contribution is 2.53. The maximum Gasteiger partial charge on any atom is 0.159 e. The summed E-state index contributed by atoms with van der Waals surface area (Å²) in [4.78, 5) is 21.8. The first-order chi connectivity index (χ1) is 12.6. The summed E-state index contributed by atoms with van der Waals surface area (Å²) in [6.45, 7) is 5.74. The standard InChI is InChI=1S/C19H19N7/c1-10-21-17(9-18(22-10)26-12(3)20-11(2)25-26)13-8-14(13)19-23-15-6-4-5-7-16(15)24-19/h4-7,9,13-14H,8H2,1-3H3,(H,23,24)/t13?,14-/m1/s1. The lowest BCUT2D eigenvalue weighted by Gasteiger charge is -2.06. The van der Waals surface area contributed by atoms with Crippen LogP contribution >= 0.6 is 0 Å². The van der Waals surface area contributed by atoms with Crippen LogP contribution in [0.3, 0.4) is 0 Å². The van der Waals surface area contributed by atoms with E-state index in [4.69, 9.17) is 4.98 Å². The molecule has 1 N–H and O–H groups in total. The first-order valence-electron chi connectivity index (χ1n) is 8.79. The number of imidazole rings is 1. The molecule has 1 saturated carbocycles. The minimum atomic E-state index is 0.362. The molecule has 7 heteroatoms. The molecule has 0 saturated heterocycles. The summed E-state index contributed by atoms with van der Waals surface area (Å²) in [6, 6.07) is 10.2. The van der Waals surface area contributed by atoms with Crippen molar-refractivity contribution in [2.24, 2.45) is 0 Å². The van der Waals surface area contributed by atoms with Gasteiger partial charge in [0.25, 0.3) is 0 Å². The van der Waals surface area contributed by atoms with Crippen LogP contribution in [0.2, 0.25) is 0 Å². The molecule has 26 heavy (non-hydrogen) atoms. The van der Waals surface area contributed by atoms with Crippen LogP contribution in [-0.4, -0.2) is 34.7 Å². The van der Waals surface area contributed by atoms with Crippen LogP contribution in [0, 0.1) is 20.8 Å². The quantitative estimate of drug-likeness (QED) is 0.616. The van der Waals surface area contributed by atoms with Crippen molar-refractivity contribution >= 4 is 11.0 Å². The fourth-order valence-corrected chi connectivity index (χ4v) is 3.58. The van der Waals surface area contributed by atoms with Gasteiger partial charge in [-0.1, -0.05) is 12.1 Å². The van der Waals surface area contributed by atoms with Crippen LogP contribution in [0.1, 0.15) is 47.2 Å². The molecule has 0 aliphatic heterocycles. The third-order valence-electron chi connectivity index (χ3n) is 4.87. The molecule has 1 aliphatic carbocycles.